The molecule has 1 rings (SSSR count). The van der Waals surface area contributed by atoms with Crippen LogP contribution in [0.4, 0.5) is 0 Å². The van der Waals surface area contributed by atoms with Gasteiger partial charge in [0.1, 0.15) is 11.3 Å². The van der Waals surface area contributed by atoms with E-state index in [-0.39, 0.29) is 5.57 Å². The normalized spacial score (nSPS) is 9.64. The third-order valence-electron chi connectivity index (χ3n) is 2.96. The quantitative estimate of drug-likeness (QED) is 0.266. The number of benzene rings is 1. The highest BCUT2D eigenvalue weighted by molar-refractivity contribution is 6.17. The van der Waals surface area contributed by atoms with Gasteiger partial charge in [-0.25, -0.2) is 9.59 Å². The molecule has 0 atom stereocenters. The van der Waals surface area contributed by atoms with Gasteiger partial charge >= 0.3 is 11.9 Å². The van der Waals surface area contributed by atoms with Crippen LogP contribution < -0.4 is 4.74 Å². The molecule has 0 aliphatic carbocycles. The Labute approximate surface area is 130 Å². The van der Waals surface area contributed by atoms with E-state index in [0.29, 0.717) is 17.7 Å². The number of carbonyl (C=O) groups excluding carboxylic acids is 2. The van der Waals surface area contributed by atoms with E-state index in [2.05, 4.69) is 16.1 Å². The lowest BCUT2D eigenvalue weighted by Crippen LogP contribution is -2.15. The Kier molecular flexibility index (Phi) is 6.38. The van der Waals surface area contributed by atoms with Crippen molar-refractivity contribution in [3.05, 3.63) is 47.1 Å². The van der Waals surface area contributed by atoms with Crippen LogP contribution in [0.15, 0.2) is 35.9 Å². The molecule has 0 saturated carbocycles. The van der Waals surface area contributed by atoms with E-state index in [0.717, 1.165) is 11.1 Å². The summed E-state index contributed by atoms with van der Waals surface area (Å²) < 4.78 is 14.4. The third-order valence-corrected chi connectivity index (χ3v) is 2.96. The van der Waals surface area contributed by atoms with Crippen LogP contribution in [-0.4, -0.2) is 33.3 Å². The van der Waals surface area contributed by atoms with E-state index < -0.39 is 11.9 Å². The molecule has 0 fully saturated rings. The molecule has 5 heteroatoms. The Morgan fingerprint density at radius 1 is 1.14 bits per heavy atom. The zero-order valence-corrected chi connectivity index (χ0v) is 13.3. The summed E-state index contributed by atoms with van der Waals surface area (Å²) in [5.41, 5.74) is 2.37. The lowest BCUT2D eigenvalue weighted by atomic mass is 9.99. The zero-order chi connectivity index (χ0) is 16.7. The van der Waals surface area contributed by atoms with Crippen molar-refractivity contribution in [1.29, 1.82) is 0 Å². The molecular weight excluding hydrogens is 284 g/mol. The lowest BCUT2D eigenvalue weighted by Gasteiger charge is -2.10. The molecule has 0 aromatic heterocycles. The van der Waals surface area contributed by atoms with Crippen LogP contribution in [0.1, 0.15) is 18.1 Å². The number of carbonyl (C=O) groups is 2. The maximum absolute atomic E-state index is 11.8. The molecule has 22 heavy (non-hydrogen) atoms. The van der Waals surface area contributed by atoms with Gasteiger partial charge in [0.15, 0.2) is 0 Å². The van der Waals surface area contributed by atoms with Crippen molar-refractivity contribution in [1.82, 2.24) is 0 Å². The topological polar surface area (TPSA) is 61.8 Å². The largest absolute Gasteiger partial charge is 0.497 e. The Bertz CT molecular complexity index is 595. The molecule has 0 N–H and O–H groups in total. The standard InChI is InChI=1S/C17H20O5/c1-11(2)8-12-6-7-14(20-3)9-13(12)10-15(16(18)21-4)17(19)22-5/h6-7,9-10H,1,8H2,2-5H3. The van der Waals surface area contributed by atoms with Crippen LogP contribution in [0.2, 0.25) is 0 Å². The van der Waals surface area contributed by atoms with E-state index in [1.165, 1.54) is 20.3 Å². The molecule has 0 bridgehead atoms. The second-order valence-electron chi connectivity index (χ2n) is 4.74. The highest BCUT2D eigenvalue weighted by atomic mass is 16.5. The molecule has 0 amide bonds. The predicted octanol–water partition coefficient (Wildman–Crippen LogP) is 2.54. The maximum Gasteiger partial charge on any atom is 0.345 e. The average Bonchev–Trinajstić information content (AvgIpc) is 2.51. The molecule has 0 saturated heterocycles. The van der Waals surface area contributed by atoms with Crippen LogP contribution in [0.3, 0.4) is 0 Å². The summed E-state index contributed by atoms with van der Waals surface area (Å²) in [6.07, 6.45) is 2.06. The van der Waals surface area contributed by atoms with Crippen LogP contribution in [0, 0.1) is 0 Å². The van der Waals surface area contributed by atoms with Crippen molar-refractivity contribution < 1.29 is 23.8 Å². The number of methoxy groups -OCH3 is 3. The van der Waals surface area contributed by atoms with Crippen molar-refractivity contribution in [2.24, 2.45) is 0 Å². The number of hydrogen-bond acceptors (Lipinski definition) is 5. The highest BCUT2D eigenvalue weighted by Crippen LogP contribution is 2.23. The van der Waals surface area contributed by atoms with Crippen molar-refractivity contribution in [3.8, 4) is 5.75 Å². The van der Waals surface area contributed by atoms with Gasteiger partial charge in [-0.3, -0.25) is 0 Å². The summed E-state index contributed by atoms with van der Waals surface area (Å²) in [6.45, 7) is 5.78. The first-order valence-electron chi connectivity index (χ1n) is 6.62. The first-order valence-corrected chi connectivity index (χ1v) is 6.62. The number of hydrogen-bond donors (Lipinski definition) is 0. The maximum atomic E-state index is 11.8. The molecule has 0 radical (unpaired) electrons. The van der Waals surface area contributed by atoms with Gasteiger partial charge in [-0.15, -0.1) is 0 Å². The summed E-state index contributed by atoms with van der Waals surface area (Å²) >= 11 is 0. The van der Waals surface area contributed by atoms with E-state index >= 15 is 0 Å². The second kappa shape index (κ2) is 8.02. The van der Waals surface area contributed by atoms with Gasteiger partial charge in [0.05, 0.1) is 21.3 Å². The van der Waals surface area contributed by atoms with Gasteiger partial charge in [0.25, 0.3) is 0 Å². The molecule has 0 heterocycles. The number of allylic oxidation sites excluding steroid dienone is 1. The van der Waals surface area contributed by atoms with Crippen LogP contribution in [0.25, 0.3) is 6.08 Å². The Morgan fingerprint density at radius 2 is 1.73 bits per heavy atom. The molecule has 5 nitrogen and oxygen atoms in total. The first kappa shape index (κ1) is 17.5. The zero-order valence-electron chi connectivity index (χ0n) is 13.3. The summed E-state index contributed by atoms with van der Waals surface area (Å²) in [4.78, 5) is 23.5. The van der Waals surface area contributed by atoms with E-state index in [1.54, 1.807) is 13.2 Å². The Balaban J connectivity index is 3.41. The van der Waals surface area contributed by atoms with Crippen molar-refractivity contribution in [3.63, 3.8) is 0 Å². The molecule has 0 unspecified atom stereocenters. The molecule has 1 aromatic carbocycles. The fraction of sp³-hybridized carbons (Fsp3) is 0.294. The lowest BCUT2D eigenvalue weighted by molar-refractivity contribution is -0.143. The van der Waals surface area contributed by atoms with Gasteiger partial charge in [0, 0.05) is 0 Å². The molecule has 0 aliphatic heterocycles. The van der Waals surface area contributed by atoms with E-state index in [9.17, 15) is 9.59 Å². The smallest absolute Gasteiger partial charge is 0.345 e. The van der Waals surface area contributed by atoms with Crippen molar-refractivity contribution >= 4 is 18.0 Å². The molecular formula is C17H20O5. The average molecular weight is 304 g/mol. The summed E-state index contributed by atoms with van der Waals surface area (Å²) in [5, 5.41) is 0. The molecule has 1 aromatic rings. The minimum absolute atomic E-state index is 0.179. The number of rotatable bonds is 6. The van der Waals surface area contributed by atoms with Crippen LogP contribution >= 0.6 is 0 Å². The van der Waals surface area contributed by atoms with Gasteiger partial charge < -0.3 is 14.2 Å². The summed E-state index contributed by atoms with van der Waals surface area (Å²) in [6, 6.07) is 5.42. The number of esters is 2. The fourth-order valence-corrected chi connectivity index (χ4v) is 1.90. The monoisotopic (exact) mass is 304 g/mol. The Morgan fingerprint density at radius 3 is 2.18 bits per heavy atom. The summed E-state index contributed by atoms with van der Waals surface area (Å²) in [7, 11) is 3.96. The second-order valence-corrected chi connectivity index (χ2v) is 4.74. The van der Waals surface area contributed by atoms with Gasteiger partial charge in [-0.1, -0.05) is 18.2 Å². The first-order chi connectivity index (χ1) is 10.4. The molecule has 0 aliphatic rings. The van der Waals surface area contributed by atoms with Gasteiger partial charge in [-0.2, -0.15) is 0 Å². The molecule has 0 spiro atoms. The predicted molar refractivity (Wildman–Crippen MR) is 83.5 cm³/mol. The molecule has 118 valence electrons. The van der Waals surface area contributed by atoms with E-state index in [1.807, 2.05) is 19.1 Å². The van der Waals surface area contributed by atoms with Crippen LogP contribution in [0.5, 0.6) is 5.75 Å². The third kappa shape index (κ3) is 4.48. The van der Waals surface area contributed by atoms with Crippen LogP contribution in [-0.2, 0) is 25.5 Å². The van der Waals surface area contributed by atoms with Crippen molar-refractivity contribution in [2.75, 3.05) is 21.3 Å². The number of ether oxygens (including phenoxy) is 3. The Hall–Kier alpha value is -2.56. The van der Waals surface area contributed by atoms with E-state index in [4.69, 9.17) is 4.74 Å². The fourth-order valence-electron chi connectivity index (χ4n) is 1.90. The van der Waals surface area contributed by atoms with Gasteiger partial charge in [0.2, 0.25) is 0 Å². The van der Waals surface area contributed by atoms with Crippen molar-refractivity contribution in [2.45, 2.75) is 13.3 Å². The minimum Gasteiger partial charge on any atom is -0.497 e. The summed E-state index contributed by atoms with van der Waals surface area (Å²) in [5.74, 6) is -0.891. The van der Waals surface area contributed by atoms with Gasteiger partial charge in [-0.05, 0) is 42.7 Å². The minimum atomic E-state index is -0.754. The highest BCUT2D eigenvalue weighted by Gasteiger charge is 2.20. The SMILES string of the molecule is C=C(C)Cc1ccc(OC)cc1C=C(C(=O)OC)C(=O)OC.